The van der Waals surface area contributed by atoms with Crippen LogP contribution in [0.5, 0.6) is 5.75 Å². The molecule has 0 bridgehead atoms. The van der Waals surface area contributed by atoms with E-state index in [1.165, 1.54) is 0 Å². The average molecular weight is 437 g/mol. The third-order valence-electron chi connectivity index (χ3n) is 3.82. The molecule has 138 valence electrons. The topological polar surface area (TPSA) is 59.6 Å². The van der Waals surface area contributed by atoms with Crippen LogP contribution in [0.3, 0.4) is 0 Å². The summed E-state index contributed by atoms with van der Waals surface area (Å²) in [6.07, 6.45) is 0. The molecule has 0 aliphatic carbocycles. The molecule has 0 radical (unpaired) electrons. The van der Waals surface area contributed by atoms with Crippen LogP contribution < -0.4 is 15.4 Å². The molecule has 0 fully saturated rings. The number of ether oxygens (including phenoxy) is 2. The molecule has 2 rings (SSSR count). The van der Waals surface area contributed by atoms with Crippen molar-refractivity contribution < 1.29 is 14.3 Å². The fourth-order valence-electron chi connectivity index (χ4n) is 2.21. The minimum atomic E-state index is -0.294. The van der Waals surface area contributed by atoms with Gasteiger partial charge in [0.15, 0.2) is 5.11 Å². The molecule has 2 N–H and O–H groups in total. The lowest BCUT2D eigenvalue weighted by Crippen LogP contribution is -2.34. The molecule has 0 saturated heterocycles. The van der Waals surface area contributed by atoms with Gasteiger partial charge in [-0.1, -0.05) is 12.1 Å². The molecular formula is C19H21BrN2O3S. The molecule has 0 aliphatic rings. The van der Waals surface area contributed by atoms with Gasteiger partial charge in [0, 0.05) is 18.4 Å². The summed E-state index contributed by atoms with van der Waals surface area (Å²) in [6, 6.07) is 11.0. The van der Waals surface area contributed by atoms with Crippen molar-refractivity contribution in [3.05, 3.63) is 57.6 Å². The van der Waals surface area contributed by atoms with Gasteiger partial charge in [0.05, 0.1) is 11.1 Å². The molecule has 0 aromatic heterocycles. The Balaban J connectivity index is 1.99. The predicted molar refractivity (Wildman–Crippen MR) is 111 cm³/mol. The maximum Gasteiger partial charge on any atom is 0.257 e. The van der Waals surface area contributed by atoms with Gasteiger partial charge >= 0.3 is 0 Å². The molecule has 0 saturated carbocycles. The second-order valence-corrected chi connectivity index (χ2v) is 6.90. The quantitative estimate of drug-likeness (QED) is 0.524. The van der Waals surface area contributed by atoms with E-state index in [4.69, 9.17) is 21.7 Å². The second kappa shape index (κ2) is 9.66. The second-order valence-electron chi connectivity index (χ2n) is 5.64. The smallest absolute Gasteiger partial charge is 0.257 e. The van der Waals surface area contributed by atoms with Gasteiger partial charge in [0.1, 0.15) is 12.4 Å². The van der Waals surface area contributed by atoms with Gasteiger partial charge in [0.2, 0.25) is 0 Å². The summed E-state index contributed by atoms with van der Waals surface area (Å²) in [6.45, 7) is 4.95. The SMILES string of the molecule is COCCOc1ccc(C(=O)NC(=S)Nc2cccc(C)c2C)cc1Br. The van der Waals surface area contributed by atoms with Crippen LogP contribution in [0.25, 0.3) is 0 Å². The fraction of sp³-hybridized carbons (Fsp3) is 0.263. The number of halogens is 1. The van der Waals surface area contributed by atoms with Crippen molar-refractivity contribution in [3.63, 3.8) is 0 Å². The summed E-state index contributed by atoms with van der Waals surface area (Å²) in [5.74, 6) is 0.353. The Morgan fingerprint density at radius 1 is 1.19 bits per heavy atom. The normalized spacial score (nSPS) is 10.3. The van der Waals surface area contributed by atoms with Crippen molar-refractivity contribution in [2.24, 2.45) is 0 Å². The van der Waals surface area contributed by atoms with E-state index < -0.39 is 0 Å². The van der Waals surface area contributed by atoms with E-state index in [1.54, 1.807) is 25.3 Å². The minimum absolute atomic E-state index is 0.250. The van der Waals surface area contributed by atoms with E-state index in [1.807, 2.05) is 32.0 Å². The van der Waals surface area contributed by atoms with Crippen LogP contribution >= 0.6 is 28.1 Å². The van der Waals surface area contributed by atoms with Crippen LogP contribution in [0.1, 0.15) is 21.5 Å². The van der Waals surface area contributed by atoms with Crippen molar-refractivity contribution in [3.8, 4) is 5.75 Å². The minimum Gasteiger partial charge on any atom is -0.490 e. The molecule has 2 aromatic rings. The predicted octanol–water partition coefficient (Wildman–Crippen LogP) is 4.22. The van der Waals surface area contributed by atoms with Crippen LogP contribution in [0.4, 0.5) is 5.69 Å². The fourth-order valence-corrected chi connectivity index (χ4v) is 2.91. The first-order valence-corrected chi connectivity index (χ1v) is 9.22. The lowest BCUT2D eigenvalue weighted by Gasteiger charge is -2.13. The first-order valence-electron chi connectivity index (χ1n) is 8.02. The van der Waals surface area contributed by atoms with Crippen LogP contribution in [0, 0.1) is 13.8 Å². The maximum atomic E-state index is 12.4. The number of carbonyl (C=O) groups excluding carboxylic acids is 1. The molecule has 5 nitrogen and oxygen atoms in total. The van der Waals surface area contributed by atoms with Gasteiger partial charge in [-0.15, -0.1) is 0 Å². The summed E-state index contributed by atoms with van der Waals surface area (Å²) in [5.41, 5.74) is 3.58. The number of thiocarbonyl (C=S) groups is 1. The van der Waals surface area contributed by atoms with Crippen molar-refractivity contribution in [1.82, 2.24) is 5.32 Å². The Morgan fingerprint density at radius 3 is 2.65 bits per heavy atom. The van der Waals surface area contributed by atoms with E-state index in [2.05, 4.69) is 26.6 Å². The standard InChI is InChI=1S/C19H21BrN2O3S/c1-12-5-4-6-16(13(12)2)21-19(26)22-18(23)14-7-8-17(15(20)11-14)25-10-9-24-3/h4-8,11H,9-10H2,1-3H3,(H2,21,22,23,26). The third kappa shape index (κ3) is 5.52. The first-order chi connectivity index (χ1) is 12.4. The molecule has 7 heteroatoms. The number of hydrogen-bond donors (Lipinski definition) is 2. The van der Waals surface area contributed by atoms with Crippen molar-refractivity contribution in [1.29, 1.82) is 0 Å². The zero-order chi connectivity index (χ0) is 19.1. The van der Waals surface area contributed by atoms with Crippen LogP contribution in [0.2, 0.25) is 0 Å². The van der Waals surface area contributed by atoms with Crippen molar-refractivity contribution in [2.75, 3.05) is 25.6 Å². The lowest BCUT2D eigenvalue weighted by molar-refractivity contribution is 0.0977. The Kier molecular flexibility index (Phi) is 7.56. The largest absolute Gasteiger partial charge is 0.490 e. The number of benzene rings is 2. The lowest BCUT2D eigenvalue weighted by atomic mass is 10.1. The van der Waals surface area contributed by atoms with Gasteiger partial charge in [-0.2, -0.15) is 0 Å². The van der Waals surface area contributed by atoms with Gasteiger partial charge in [-0.05, 0) is 77.4 Å². The van der Waals surface area contributed by atoms with E-state index in [0.29, 0.717) is 29.0 Å². The molecule has 0 heterocycles. The number of anilines is 1. The van der Waals surface area contributed by atoms with Gasteiger partial charge in [0.25, 0.3) is 5.91 Å². The van der Waals surface area contributed by atoms with Gasteiger partial charge in [-0.3, -0.25) is 10.1 Å². The first kappa shape index (κ1) is 20.4. The highest BCUT2D eigenvalue weighted by Gasteiger charge is 2.12. The zero-order valence-corrected chi connectivity index (χ0v) is 17.3. The number of hydrogen-bond acceptors (Lipinski definition) is 4. The Hall–Kier alpha value is -1.96. The summed E-state index contributed by atoms with van der Waals surface area (Å²) in [7, 11) is 1.61. The highest BCUT2D eigenvalue weighted by Crippen LogP contribution is 2.26. The number of nitrogens with one attached hydrogen (secondary N) is 2. The number of rotatable bonds is 6. The number of amides is 1. The molecule has 26 heavy (non-hydrogen) atoms. The molecule has 0 aliphatic heterocycles. The maximum absolute atomic E-state index is 12.4. The van der Waals surface area contributed by atoms with Crippen LogP contribution in [0.15, 0.2) is 40.9 Å². The van der Waals surface area contributed by atoms with Crippen molar-refractivity contribution in [2.45, 2.75) is 13.8 Å². The molecule has 0 atom stereocenters. The Labute approximate surface area is 167 Å². The average Bonchev–Trinajstić information content (AvgIpc) is 2.60. The molecule has 0 unspecified atom stereocenters. The molecule has 0 spiro atoms. The van der Waals surface area contributed by atoms with Crippen LogP contribution in [-0.2, 0) is 4.74 Å². The highest BCUT2D eigenvalue weighted by molar-refractivity contribution is 9.10. The summed E-state index contributed by atoms with van der Waals surface area (Å²) < 4.78 is 11.2. The Bertz CT molecular complexity index is 811. The number of carbonyl (C=O) groups is 1. The van der Waals surface area contributed by atoms with E-state index in [-0.39, 0.29) is 11.0 Å². The number of methoxy groups -OCH3 is 1. The number of aryl methyl sites for hydroxylation is 1. The summed E-state index contributed by atoms with van der Waals surface area (Å²) >= 11 is 8.66. The third-order valence-corrected chi connectivity index (χ3v) is 4.64. The molecule has 2 aromatic carbocycles. The highest BCUT2D eigenvalue weighted by atomic mass is 79.9. The van der Waals surface area contributed by atoms with E-state index in [0.717, 1.165) is 16.8 Å². The van der Waals surface area contributed by atoms with Gasteiger partial charge < -0.3 is 14.8 Å². The Morgan fingerprint density at radius 2 is 1.96 bits per heavy atom. The molecular weight excluding hydrogens is 416 g/mol. The van der Waals surface area contributed by atoms with Crippen molar-refractivity contribution >= 4 is 44.9 Å². The van der Waals surface area contributed by atoms with E-state index >= 15 is 0 Å². The molecule has 1 amide bonds. The summed E-state index contributed by atoms with van der Waals surface area (Å²) in [4.78, 5) is 12.4. The monoisotopic (exact) mass is 436 g/mol. The zero-order valence-electron chi connectivity index (χ0n) is 14.9. The summed E-state index contributed by atoms with van der Waals surface area (Å²) in [5, 5.41) is 6.00. The van der Waals surface area contributed by atoms with E-state index in [9.17, 15) is 4.79 Å². The van der Waals surface area contributed by atoms with Gasteiger partial charge in [-0.25, -0.2) is 0 Å². The van der Waals surface area contributed by atoms with Crippen LogP contribution in [-0.4, -0.2) is 31.3 Å².